The van der Waals surface area contributed by atoms with Crippen molar-refractivity contribution in [2.75, 3.05) is 0 Å². The molecule has 0 unspecified atom stereocenters. The van der Waals surface area contributed by atoms with Gasteiger partial charge < -0.3 is 10.9 Å². The highest BCUT2D eigenvalue weighted by Gasteiger charge is 2.04. The Morgan fingerprint density at radius 3 is 3.00 bits per heavy atom. The number of oxime groups is 1. The lowest BCUT2D eigenvalue weighted by Crippen LogP contribution is -2.16. The summed E-state index contributed by atoms with van der Waals surface area (Å²) in [5, 5.41) is 11.4. The molecular formula is C8H8N6O. The van der Waals surface area contributed by atoms with E-state index in [1.807, 2.05) is 0 Å². The van der Waals surface area contributed by atoms with Crippen LogP contribution < -0.4 is 5.73 Å². The number of imidazole rings is 1. The largest absolute Gasteiger partial charge is 0.409 e. The molecule has 0 bridgehead atoms. The second kappa shape index (κ2) is 3.74. The molecule has 0 aliphatic carbocycles. The van der Waals surface area contributed by atoms with Crippen LogP contribution in [0.25, 0.3) is 5.95 Å². The van der Waals surface area contributed by atoms with Gasteiger partial charge in [0, 0.05) is 18.6 Å². The molecule has 76 valence electrons. The first-order valence-electron chi connectivity index (χ1n) is 4.10. The van der Waals surface area contributed by atoms with E-state index in [1.165, 1.54) is 6.20 Å². The van der Waals surface area contributed by atoms with Gasteiger partial charge >= 0.3 is 0 Å². The Balaban J connectivity index is 2.44. The zero-order valence-electron chi connectivity index (χ0n) is 7.65. The predicted octanol–water partition coefficient (Wildman–Crippen LogP) is -0.243. The fourth-order valence-corrected chi connectivity index (χ4v) is 1.04. The van der Waals surface area contributed by atoms with Crippen LogP contribution >= 0.6 is 0 Å². The Kier molecular flexibility index (Phi) is 2.28. The number of nitrogens with two attached hydrogens (primary N) is 1. The van der Waals surface area contributed by atoms with Crippen LogP contribution in [0, 0.1) is 0 Å². The van der Waals surface area contributed by atoms with E-state index in [0.717, 1.165) is 0 Å². The van der Waals surface area contributed by atoms with Gasteiger partial charge in [0.25, 0.3) is 0 Å². The van der Waals surface area contributed by atoms with Gasteiger partial charge in [-0.3, -0.25) is 4.57 Å². The van der Waals surface area contributed by atoms with Crippen LogP contribution in [0.1, 0.15) is 5.69 Å². The molecule has 0 saturated heterocycles. The summed E-state index contributed by atoms with van der Waals surface area (Å²) in [5.41, 5.74) is 5.76. The van der Waals surface area contributed by atoms with Crippen molar-refractivity contribution in [1.29, 1.82) is 0 Å². The molecule has 0 fully saturated rings. The maximum absolute atomic E-state index is 8.49. The molecule has 0 spiro atoms. The van der Waals surface area contributed by atoms with Gasteiger partial charge in [-0.2, -0.15) is 0 Å². The highest BCUT2D eigenvalue weighted by atomic mass is 16.4. The van der Waals surface area contributed by atoms with Crippen LogP contribution in [-0.4, -0.2) is 30.6 Å². The molecule has 7 nitrogen and oxygen atoms in total. The molecule has 7 heteroatoms. The Morgan fingerprint density at radius 1 is 1.47 bits per heavy atom. The van der Waals surface area contributed by atoms with Gasteiger partial charge in [0.2, 0.25) is 5.95 Å². The zero-order valence-corrected chi connectivity index (χ0v) is 7.65. The molecule has 0 aliphatic heterocycles. The van der Waals surface area contributed by atoms with Gasteiger partial charge in [-0.15, -0.1) is 0 Å². The lowest BCUT2D eigenvalue weighted by atomic mass is 10.4. The third kappa shape index (κ3) is 1.75. The average molecular weight is 204 g/mol. The monoisotopic (exact) mass is 204 g/mol. The summed E-state index contributed by atoms with van der Waals surface area (Å²) in [6, 6.07) is 1.55. The van der Waals surface area contributed by atoms with E-state index in [4.69, 9.17) is 10.9 Å². The molecule has 15 heavy (non-hydrogen) atoms. The van der Waals surface area contributed by atoms with E-state index in [-0.39, 0.29) is 5.84 Å². The van der Waals surface area contributed by atoms with Crippen molar-refractivity contribution in [2.24, 2.45) is 10.9 Å². The minimum absolute atomic E-state index is 0.0567. The summed E-state index contributed by atoms with van der Waals surface area (Å²) in [6.45, 7) is 0. The van der Waals surface area contributed by atoms with Gasteiger partial charge in [0.15, 0.2) is 5.84 Å². The van der Waals surface area contributed by atoms with Crippen LogP contribution in [0.3, 0.4) is 0 Å². The topological polar surface area (TPSA) is 102 Å². The molecular weight excluding hydrogens is 196 g/mol. The first-order valence-corrected chi connectivity index (χ1v) is 4.10. The molecule has 0 aromatic carbocycles. The minimum Gasteiger partial charge on any atom is -0.409 e. The fourth-order valence-electron chi connectivity index (χ4n) is 1.04. The number of hydrogen-bond acceptors (Lipinski definition) is 5. The van der Waals surface area contributed by atoms with E-state index in [0.29, 0.717) is 11.6 Å². The smallest absolute Gasteiger partial charge is 0.235 e. The van der Waals surface area contributed by atoms with Gasteiger partial charge in [-0.05, 0) is 6.07 Å². The van der Waals surface area contributed by atoms with Gasteiger partial charge in [0.05, 0.1) is 0 Å². The molecule has 0 saturated carbocycles. The summed E-state index contributed by atoms with van der Waals surface area (Å²) in [6.07, 6.45) is 6.39. The Hall–Kier alpha value is -2.44. The van der Waals surface area contributed by atoms with Crippen molar-refractivity contribution in [3.05, 3.63) is 36.7 Å². The van der Waals surface area contributed by atoms with Crippen molar-refractivity contribution in [3.8, 4) is 5.95 Å². The predicted molar refractivity (Wildman–Crippen MR) is 51.7 cm³/mol. The molecule has 2 aromatic heterocycles. The van der Waals surface area contributed by atoms with E-state index >= 15 is 0 Å². The highest BCUT2D eigenvalue weighted by molar-refractivity contribution is 5.95. The quantitative estimate of drug-likeness (QED) is 0.304. The summed E-state index contributed by atoms with van der Waals surface area (Å²) in [7, 11) is 0. The van der Waals surface area contributed by atoms with Crippen molar-refractivity contribution < 1.29 is 5.21 Å². The van der Waals surface area contributed by atoms with Crippen LogP contribution in [0.4, 0.5) is 0 Å². The minimum atomic E-state index is -0.0567. The molecule has 2 rings (SSSR count). The van der Waals surface area contributed by atoms with Crippen molar-refractivity contribution in [1.82, 2.24) is 19.5 Å². The zero-order chi connectivity index (χ0) is 10.7. The first kappa shape index (κ1) is 9.13. The SMILES string of the molecule is N/C(=N/O)c1ccnc(-n2ccnc2)n1. The van der Waals surface area contributed by atoms with Crippen molar-refractivity contribution >= 4 is 5.84 Å². The van der Waals surface area contributed by atoms with E-state index in [9.17, 15) is 0 Å². The highest BCUT2D eigenvalue weighted by Crippen LogP contribution is 2.00. The van der Waals surface area contributed by atoms with Crippen LogP contribution in [0.2, 0.25) is 0 Å². The average Bonchev–Trinajstić information content (AvgIpc) is 2.82. The third-order valence-electron chi connectivity index (χ3n) is 1.75. The number of hydrogen-bond donors (Lipinski definition) is 2. The number of aromatic nitrogens is 4. The lowest BCUT2D eigenvalue weighted by molar-refractivity contribution is 0.318. The van der Waals surface area contributed by atoms with E-state index < -0.39 is 0 Å². The van der Waals surface area contributed by atoms with E-state index in [1.54, 1.807) is 29.4 Å². The summed E-state index contributed by atoms with van der Waals surface area (Å²) in [5.74, 6) is 0.357. The molecule has 0 amide bonds. The molecule has 0 aliphatic rings. The maximum Gasteiger partial charge on any atom is 0.235 e. The normalized spacial score (nSPS) is 11.6. The third-order valence-corrected chi connectivity index (χ3v) is 1.75. The Labute approximate surface area is 84.9 Å². The maximum atomic E-state index is 8.49. The second-order valence-corrected chi connectivity index (χ2v) is 2.70. The van der Waals surface area contributed by atoms with Gasteiger partial charge in [-0.25, -0.2) is 15.0 Å². The Bertz CT molecular complexity index is 478. The lowest BCUT2D eigenvalue weighted by Gasteiger charge is -2.01. The molecule has 0 radical (unpaired) electrons. The van der Waals surface area contributed by atoms with Gasteiger partial charge in [-0.1, -0.05) is 5.16 Å². The van der Waals surface area contributed by atoms with Crippen molar-refractivity contribution in [2.45, 2.75) is 0 Å². The summed E-state index contributed by atoms with van der Waals surface area (Å²) in [4.78, 5) is 12.0. The molecule has 2 aromatic rings. The van der Waals surface area contributed by atoms with Gasteiger partial charge in [0.1, 0.15) is 12.0 Å². The van der Waals surface area contributed by atoms with Crippen LogP contribution in [0.15, 0.2) is 36.1 Å². The van der Waals surface area contributed by atoms with Crippen molar-refractivity contribution in [3.63, 3.8) is 0 Å². The Morgan fingerprint density at radius 2 is 2.33 bits per heavy atom. The number of nitrogens with zero attached hydrogens (tertiary/aromatic N) is 5. The second-order valence-electron chi connectivity index (χ2n) is 2.70. The first-order chi connectivity index (χ1) is 7.31. The number of rotatable bonds is 2. The molecule has 3 N–H and O–H groups in total. The molecule has 2 heterocycles. The van der Waals surface area contributed by atoms with Crippen LogP contribution in [-0.2, 0) is 0 Å². The van der Waals surface area contributed by atoms with E-state index in [2.05, 4.69) is 20.1 Å². The fraction of sp³-hybridized carbons (Fsp3) is 0. The summed E-state index contributed by atoms with van der Waals surface area (Å²) >= 11 is 0. The number of amidine groups is 1. The summed E-state index contributed by atoms with van der Waals surface area (Å²) < 4.78 is 1.62. The molecule has 0 atom stereocenters. The van der Waals surface area contributed by atoms with Crippen LogP contribution in [0.5, 0.6) is 0 Å². The standard InChI is InChI=1S/C8H8N6O/c9-7(13-15)6-1-2-11-8(12-6)14-4-3-10-5-14/h1-5,15H,(H2,9,13).